The summed E-state index contributed by atoms with van der Waals surface area (Å²) in [7, 11) is 0. The van der Waals surface area contributed by atoms with E-state index in [1.807, 2.05) is 0 Å². The summed E-state index contributed by atoms with van der Waals surface area (Å²) in [5.74, 6) is 0.506. The molecule has 0 heterocycles. The van der Waals surface area contributed by atoms with E-state index in [4.69, 9.17) is 0 Å². The van der Waals surface area contributed by atoms with Gasteiger partial charge in [-0.25, -0.2) is 0 Å². The fourth-order valence-corrected chi connectivity index (χ4v) is 2.25. The van der Waals surface area contributed by atoms with Crippen LogP contribution in [-0.4, -0.2) is 6.54 Å². The van der Waals surface area contributed by atoms with Crippen LogP contribution in [0.4, 0.5) is 5.69 Å². The molecule has 0 aliphatic carbocycles. The number of hydrogen-bond acceptors (Lipinski definition) is 1. The lowest BCUT2D eigenvalue weighted by atomic mass is 10.0. The van der Waals surface area contributed by atoms with Gasteiger partial charge in [-0.3, -0.25) is 0 Å². The Morgan fingerprint density at radius 2 is 1.83 bits per heavy atom. The third-order valence-electron chi connectivity index (χ3n) is 3.15. The number of halogens is 1. The van der Waals surface area contributed by atoms with Gasteiger partial charge >= 0.3 is 0 Å². The van der Waals surface area contributed by atoms with Crippen molar-refractivity contribution in [2.45, 2.75) is 19.8 Å². The zero-order valence-electron chi connectivity index (χ0n) is 10.8. The molecule has 1 atom stereocenters. The molecule has 1 N–H and O–H groups in total. The Bertz CT molecular complexity index is 508. The molecule has 0 saturated heterocycles. The Morgan fingerprint density at radius 1 is 1.11 bits per heavy atom. The molecule has 2 aromatic rings. The highest BCUT2D eigenvalue weighted by atomic mass is 79.9. The first-order chi connectivity index (χ1) is 8.66. The molecule has 0 amide bonds. The summed E-state index contributed by atoms with van der Waals surface area (Å²) in [6.45, 7) is 5.28. The van der Waals surface area contributed by atoms with E-state index in [1.165, 1.54) is 11.1 Å². The average Bonchev–Trinajstić information content (AvgIpc) is 2.41. The number of aryl methyl sites for hydroxylation is 1. The second kappa shape index (κ2) is 6.05. The topological polar surface area (TPSA) is 12.0 Å². The molecule has 0 radical (unpaired) electrons. The largest absolute Gasteiger partial charge is 0.384 e. The minimum atomic E-state index is 0.506. The quantitative estimate of drug-likeness (QED) is 0.840. The van der Waals surface area contributed by atoms with Crippen LogP contribution in [0.15, 0.2) is 53.0 Å². The zero-order valence-corrected chi connectivity index (χ0v) is 12.4. The van der Waals surface area contributed by atoms with Crippen molar-refractivity contribution in [2.24, 2.45) is 0 Å². The fraction of sp³-hybridized carbons (Fsp3) is 0.250. The van der Waals surface area contributed by atoms with Gasteiger partial charge in [-0.1, -0.05) is 59.3 Å². The van der Waals surface area contributed by atoms with Gasteiger partial charge < -0.3 is 5.32 Å². The summed E-state index contributed by atoms with van der Waals surface area (Å²) in [5.41, 5.74) is 3.79. The van der Waals surface area contributed by atoms with E-state index in [0.29, 0.717) is 5.92 Å². The van der Waals surface area contributed by atoms with Crippen LogP contribution in [0.5, 0.6) is 0 Å². The van der Waals surface area contributed by atoms with E-state index in [-0.39, 0.29) is 0 Å². The summed E-state index contributed by atoms with van der Waals surface area (Å²) in [4.78, 5) is 0. The van der Waals surface area contributed by atoms with Gasteiger partial charge in [0.1, 0.15) is 0 Å². The van der Waals surface area contributed by atoms with E-state index in [9.17, 15) is 0 Å². The standard InChI is InChI=1S/C16H18BrN/c1-12-8-9-15(10-16(12)17)18-11-13(2)14-6-4-3-5-7-14/h3-10,13,18H,11H2,1-2H3. The van der Waals surface area contributed by atoms with E-state index < -0.39 is 0 Å². The summed E-state index contributed by atoms with van der Waals surface area (Å²) in [6, 6.07) is 17.0. The molecule has 1 nitrogen and oxygen atoms in total. The van der Waals surface area contributed by atoms with Crippen molar-refractivity contribution >= 4 is 21.6 Å². The van der Waals surface area contributed by atoms with E-state index in [1.54, 1.807) is 0 Å². The van der Waals surface area contributed by atoms with Gasteiger partial charge in [0.2, 0.25) is 0 Å². The van der Waals surface area contributed by atoms with Gasteiger partial charge in [0, 0.05) is 16.7 Å². The van der Waals surface area contributed by atoms with Gasteiger partial charge in [0.25, 0.3) is 0 Å². The van der Waals surface area contributed by atoms with Gasteiger partial charge in [0.15, 0.2) is 0 Å². The highest BCUT2D eigenvalue weighted by molar-refractivity contribution is 9.10. The van der Waals surface area contributed by atoms with Crippen molar-refractivity contribution in [3.05, 3.63) is 64.1 Å². The van der Waals surface area contributed by atoms with Crippen LogP contribution < -0.4 is 5.32 Å². The van der Waals surface area contributed by atoms with Crippen molar-refractivity contribution in [3.8, 4) is 0 Å². The van der Waals surface area contributed by atoms with Crippen LogP contribution in [0.25, 0.3) is 0 Å². The van der Waals surface area contributed by atoms with E-state index >= 15 is 0 Å². The Hall–Kier alpha value is -1.28. The van der Waals surface area contributed by atoms with Crippen LogP contribution >= 0.6 is 15.9 Å². The highest BCUT2D eigenvalue weighted by Gasteiger charge is 2.04. The van der Waals surface area contributed by atoms with Crippen LogP contribution in [0.3, 0.4) is 0 Å². The summed E-state index contributed by atoms with van der Waals surface area (Å²) >= 11 is 3.56. The number of anilines is 1. The molecule has 18 heavy (non-hydrogen) atoms. The monoisotopic (exact) mass is 303 g/mol. The molecule has 0 aromatic heterocycles. The molecule has 0 bridgehead atoms. The third-order valence-corrected chi connectivity index (χ3v) is 4.01. The van der Waals surface area contributed by atoms with Crippen molar-refractivity contribution in [1.29, 1.82) is 0 Å². The molecule has 0 saturated carbocycles. The maximum absolute atomic E-state index is 3.56. The third kappa shape index (κ3) is 3.36. The van der Waals surface area contributed by atoms with Gasteiger partial charge in [-0.15, -0.1) is 0 Å². The summed E-state index contributed by atoms with van der Waals surface area (Å²) < 4.78 is 1.15. The number of benzene rings is 2. The number of rotatable bonds is 4. The van der Waals surface area contributed by atoms with Crippen molar-refractivity contribution in [3.63, 3.8) is 0 Å². The zero-order chi connectivity index (χ0) is 13.0. The summed E-state index contributed by atoms with van der Waals surface area (Å²) in [6.07, 6.45) is 0. The average molecular weight is 304 g/mol. The molecular weight excluding hydrogens is 286 g/mol. The number of nitrogens with one attached hydrogen (secondary N) is 1. The Balaban J connectivity index is 1.97. The molecule has 2 heteroatoms. The van der Waals surface area contributed by atoms with Crippen molar-refractivity contribution in [2.75, 3.05) is 11.9 Å². The smallest absolute Gasteiger partial charge is 0.0351 e. The Kier molecular flexibility index (Phi) is 4.43. The van der Waals surface area contributed by atoms with Gasteiger partial charge in [-0.2, -0.15) is 0 Å². The number of hydrogen-bond donors (Lipinski definition) is 1. The van der Waals surface area contributed by atoms with Crippen LogP contribution in [0.1, 0.15) is 24.0 Å². The molecule has 0 aliphatic rings. The molecule has 0 fully saturated rings. The van der Waals surface area contributed by atoms with Crippen molar-refractivity contribution < 1.29 is 0 Å². The van der Waals surface area contributed by atoms with Crippen LogP contribution in [-0.2, 0) is 0 Å². The lowest BCUT2D eigenvalue weighted by Gasteiger charge is -2.14. The van der Waals surface area contributed by atoms with Crippen LogP contribution in [0, 0.1) is 6.92 Å². The SMILES string of the molecule is Cc1ccc(NCC(C)c2ccccc2)cc1Br. The predicted octanol–water partition coefficient (Wildman–Crippen LogP) is 4.97. The molecule has 0 spiro atoms. The molecular formula is C16H18BrN. The first-order valence-electron chi connectivity index (χ1n) is 6.22. The molecule has 94 valence electrons. The molecule has 2 aromatic carbocycles. The van der Waals surface area contributed by atoms with Crippen molar-refractivity contribution in [1.82, 2.24) is 0 Å². The first-order valence-corrected chi connectivity index (χ1v) is 7.01. The minimum Gasteiger partial charge on any atom is -0.384 e. The van der Waals surface area contributed by atoms with E-state index in [0.717, 1.165) is 16.7 Å². The first kappa shape index (κ1) is 13.2. The second-order valence-corrected chi connectivity index (χ2v) is 5.51. The minimum absolute atomic E-state index is 0.506. The predicted molar refractivity (Wildman–Crippen MR) is 82.2 cm³/mol. The Morgan fingerprint density at radius 3 is 2.50 bits per heavy atom. The van der Waals surface area contributed by atoms with Gasteiger partial charge in [0.05, 0.1) is 0 Å². The van der Waals surface area contributed by atoms with Gasteiger partial charge in [-0.05, 0) is 36.1 Å². The normalized spacial score (nSPS) is 12.2. The highest BCUT2D eigenvalue weighted by Crippen LogP contribution is 2.22. The molecule has 2 rings (SSSR count). The lowest BCUT2D eigenvalue weighted by Crippen LogP contribution is -2.09. The fourth-order valence-electron chi connectivity index (χ4n) is 1.87. The summed E-state index contributed by atoms with van der Waals surface area (Å²) in [5, 5.41) is 3.48. The lowest BCUT2D eigenvalue weighted by molar-refractivity contribution is 0.805. The maximum Gasteiger partial charge on any atom is 0.0351 e. The second-order valence-electron chi connectivity index (χ2n) is 4.66. The molecule has 1 unspecified atom stereocenters. The Labute approximate surface area is 117 Å². The van der Waals surface area contributed by atoms with E-state index in [2.05, 4.69) is 83.6 Å². The maximum atomic E-state index is 3.56. The van der Waals surface area contributed by atoms with Crippen LogP contribution in [0.2, 0.25) is 0 Å². The molecule has 0 aliphatic heterocycles.